The number of ether oxygens (including phenoxy) is 1. The predicted octanol–water partition coefficient (Wildman–Crippen LogP) is 3.84. The predicted molar refractivity (Wildman–Crippen MR) is 92.6 cm³/mol. The molecule has 0 radical (unpaired) electrons. The Labute approximate surface area is 145 Å². The average molecular weight is 395 g/mol. The van der Waals surface area contributed by atoms with Crippen LogP contribution in [-0.2, 0) is 11.3 Å². The van der Waals surface area contributed by atoms with Crippen LogP contribution in [0.5, 0.6) is 0 Å². The molecule has 0 unspecified atom stereocenters. The number of hydrogen-bond donors (Lipinski definition) is 0. The second-order valence-corrected chi connectivity index (χ2v) is 6.51. The van der Waals surface area contributed by atoms with E-state index in [1.807, 2.05) is 35.8 Å². The normalized spacial score (nSPS) is 12.2. The monoisotopic (exact) mass is 394 g/mol. The van der Waals surface area contributed by atoms with Crippen molar-refractivity contribution >= 4 is 43.4 Å². The first kappa shape index (κ1) is 16.2. The van der Waals surface area contributed by atoms with Gasteiger partial charge in [0.1, 0.15) is 0 Å². The Bertz CT molecular complexity index is 894. The molecule has 0 N–H and O–H groups in total. The molecule has 0 bridgehead atoms. The van der Waals surface area contributed by atoms with Crippen LogP contribution < -0.4 is 4.80 Å². The summed E-state index contributed by atoms with van der Waals surface area (Å²) in [7, 11) is 0. The maximum absolute atomic E-state index is 12.3. The fourth-order valence-electron chi connectivity index (χ4n) is 2.19. The standard InChI is InChI=1S/C16H15BrN2O3S/c1-2-21-10-9-19-11-5-3-4-6-13(11)23-16(19)18-15(20)12-7-8-14(17)22-12/h3-8H,2,9-10H2,1H3. The number of nitrogens with zero attached hydrogens (tertiary/aromatic N) is 2. The van der Waals surface area contributed by atoms with Crippen molar-refractivity contribution in [3.05, 3.63) is 51.6 Å². The first-order valence-corrected chi connectivity index (χ1v) is 8.80. The molecule has 0 saturated heterocycles. The van der Waals surface area contributed by atoms with Gasteiger partial charge in [0.2, 0.25) is 0 Å². The van der Waals surface area contributed by atoms with E-state index < -0.39 is 5.91 Å². The Hall–Kier alpha value is -1.70. The minimum atomic E-state index is -0.396. The minimum Gasteiger partial charge on any atom is -0.444 e. The van der Waals surface area contributed by atoms with Crippen LogP contribution >= 0.6 is 27.3 Å². The number of benzene rings is 1. The summed E-state index contributed by atoms with van der Waals surface area (Å²) >= 11 is 4.67. The fraction of sp³-hybridized carbons (Fsp3) is 0.250. The Morgan fingerprint density at radius 1 is 1.35 bits per heavy atom. The number of halogens is 1. The van der Waals surface area contributed by atoms with Gasteiger partial charge < -0.3 is 13.7 Å². The van der Waals surface area contributed by atoms with Crippen molar-refractivity contribution in [2.45, 2.75) is 13.5 Å². The highest BCUT2D eigenvalue weighted by Crippen LogP contribution is 2.18. The number of rotatable bonds is 5. The number of carbonyl (C=O) groups excluding carboxylic acids is 1. The van der Waals surface area contributed by atoms with E-state index in [1.165, 1.54) is 11.3 Å². The van der Waals surface area contributed by atoms with Crippen molar-refractivity contribution in [1.82, 2.24) is 4.57 Å². The molecule has 23 heavy (non-hydrogen) atoms. The minimum absolute atomic E-state index is 0.214. The van der Waals surface area contributed by atoms with E-state index in [0.717, 1.165) is 10.2 Å². The highest BCUT2D eigenvalue weighted by molar-refractivity contribution is 9.10. The average Bonchev–Trinajstić information content (AvgIpc) is 3.12. The SMILES string of the molecule is CCOCCn1c(=NC(=O)c2ccc(Br)o2)sc2ccccc21. The fourth-order valence-corrected chi connectivity index (χ4v) is 3.55. The number of furan rings is 1. The molecule has 0 aliphatic carbocycles. The lowest BCUT2D eigenvalue weighted by atomic mass is 10.3. The van der Waals surface area contributed by atoms with Gasteiger partial charge >= 0.3 is 5.91 Å². The lowest BCUT2D eigenvalue weighted by Gasteiger charge is -2.05. The third-order valence-electron chi connectivity index (χ3n) is 3.23. The lowest BCUT2D eigenvalue weighted by Crippen LogP contribution is -2.19. The maximum Gasteiger partial charge on any atom is 0.315 e. The van der Waals surface area contributed by atoms with Gasteiger partial charge in [0.25, 0.3) is 0 Å². The molecule has 0 aliphatic heterocycles. The van der Waals surface area contributed by atoms with Gasteiger partial charge in [0.05, 0.1) is 16.8 Å². The van der Waals surface area contributed by atoms with Gasteiger partial charge in [-0.1, -0.05) is 23.5 Å². The lowest BCUT2D eigenvalue weighted by molar-refractivity contribution is 0.0969. The van der Waals surface area contributed by atoms with Gasteiger partial charge in [0.15, 0.2) is 15.2 Å². The highest BCUT2D eigenvalue weighted by Gasteiger charge is 2.11. The van der Waals surface area contributed by atoms with Crippen LogP contribution in [0, 0.1) is 0 Å². The molecule has 2 heterocycles. The zero-order valence-corrected chi connectivity index (χ0v) is 14.9. The topological polar surface area (TPSA) is 56.7 Å². The zero-order valence-electron chi connectivity index (χ0n) is 12.5. The zero-order chi connectivity index (χ0) is 16.2. The Balaban J connectivity index is 2.02. The van der Waals surface area contributed by atoms with E-state index in [-0.39, 0.29) is 5.76 Å². The van der Waals surface area contributed by atoms with E-state index in [9.17, 15) is 4.79 Å². The van der Waals surface area contributed by atoms with Gasteiger partial charge in [-0.2, -0.15) is 4.99 Å². The smallest absolute Gasteiger partial charge is 0.315 e. The Kier molecular flexibility index (Phi) is 5.09. The van der Waals surface area contributed by atoms with E-state index in [1.54, 1.807) is 12.1 Å². The first-order valence-electron chi connectivity index (χ1n) is 7.19. The molecule has 3 aromatic rings. The number of fused-ring (bicyclic) bond motifs is 1. The molecule has 1 aromatic carbocycles. The van der Waals surface area contributed by atoms with Crippen molar-refractivity contribution < 1.29 is 13.9 Å². The molecule has 3 rings (SSSR count). The molecular formula is C16H15BrN2O3S. The third kappa shape index (κ3) is 3.63. The van der Waals surface area contributed by atoms with E-state index in [0.29, 0.717) is 29.2 Å². The number of thiazole rings is 1. The van der Waals surface area contributed by atoms with E-state index in [2.05, 4.69) is 20.9 Å². The van der Waals surface area contributed by atoms with Crippen LogP contribution in [-0.4, -0.2) is 23.7 Å². The largest absolute Gasteiger partial charge is 0.444 e. The van der Waals surface area contributed by atoms with Crippen LogP contribution in [0.25, 0.3) is 10.2 Å². The number of hydrogen-bond acceptors (Lipinski definition) is 4. The molecule has 2 aromatic heterocycles. The third-order valence-corrected chi connectivity index (χ3v) is 4.72. The Morgan fingerprint density at radius 2 is 2.17 bits per heavy atom. The van der Waals surface area contributed by atoms with Gasteiger partial charge in [-0.25, -0.2) is 0 Å². The van der Waals surface area contributed by atoms with Crippen molar-refractivity contribution in [3.63, 3.8) is 0 Å². The summed E-state index contributed by atoms with van der Waals surface area (Å²) < 4.78 is 14.3. The summed E-state index contributed by atoms with van der Waals surface area (Å²) in [5.41, 5.74) is 1.05. The van der Waals surface area contributed by atoms with Crippen LogP contribution in [0.1, 0.15) is 17.5 Å². The van der Waals surface area contributed by atoms with Crippen LogP contribution in [0.3, 0.4) is 0 Å². The molecular weight excluding hydrogens is 380 g/mol. The summed E-state index contributed by atoms with van der Waals surface area (Å²) in [5, 5.41) is 0. The summed E-state index contributed by atoms with van der Waals surface area (Å²) in [6.45, 7) is 3.84. The van der Waals surface area contributed by atoms with Gasteiger partial charge in [-0.15, -0.1) is 0 Å². The van der Waals surface area contributed by atoms with Crippen molar-refractivity contribution in [2.75, 3.05) is 13.2 Å². The van der Waals surface area contributed by atoms with Crippen LogP contribution in [0.2, 0.25) is 0 Å². The molecule has 0 aliphatic rings. The second-order valence-electron chi connectivity index (χ2n) is 4.72. The molecule has 120 valence electrons. The van der Waals surface area contributed by atoms with E-state index in [4.69, 9.17) is 9.15 Å². The quantitative estimate of drug-likeness (QED) is 0.617. The van der Waals surface area contributed by atoms with Crippen LogP contribution in [0.15, 0.2) is 50.5 Å². The molecule has 1 amide bonds. The molecule has 0 saturated carbocycles. The number of aromatic nitrogens is 1. The van der Waals surface area contributed by atoms with Crippen molar-refractivity contribution in [2.24, 2.45) is 4.99 Å². The molecule has 7 heteroatoms. The highest BCUT2D eigenvalue weighted by atomic mass is 79.9. The number of amides is 1. The van der Waals surface area contributed by atoms with Crippen molar-refractivity contribution in [1.29, 1.82) is 0 Å². The summed E-state index contributed by atoms with van der Waals surface area (Å²) in [6.07, 6.45) is 0. The molecule has 0 spiro atoms. The van der Waals surface area contributed by atoms with Crippen molar-refractivity contribution in [3.8, 4) is 0 Å². The van der Waals surface area contributed by atoms with Gasteiger partial charge in [-0.05, 0) is 47.1 Å². The van der Waals surface area contributed by atoms with Crippen LogP contribution in [0.4, 0.5) is 0 Å². The first-order chi connectivity index (χ1) is 11.2. The summed E-state index contributed by atoms with van der Waals surface area (Å²) in [5.74, 6) is -0.182. The van der Waals surface area contributed by atoms with Gasteiger partial charge in [-0.3, -0.25) is 4.79 Å². The summed E-state index contributed by atoms with van der Waals surface area (Å²) in [4.78, 5) is 17.1. The number of carbonyl (C=O) groups is 1. The maximum atomic E-state index is 12.3. The molecule has 5 nitrogen and oxygen atoms in total. The Morgan fingerprint density at radius 3 is 2.91 bits per heavy atom. The molecule has 0 atom stereocenters. The second kappa shape index (κ2) is 7.25. The van der Waals surface area contributed by atoms with Gasteiger partial charge in [0, 0.05) is 13.2 Å². The summed E-state index contributed by atoms with van der Waals surface area (Å²) in [6, 6.07) is 11.3. The van der Waals surface area contributed by atoms with E-state index >= 15 is 0 Å². The molecule has 0 fully saturated rings. The number of para-hydroxylation sites is 1.